The van der Waals surface area contributed by atoms with Crippen molar-refractivity contribution in [3.05, 3.63) is 11.3 Å². The first-order chi connectivity index (χ1) is 9.30. The molecule has 1 aliphatic rings. The molecular weight excluding hydrogens is 260 g/mol. The van der Waals surface area contributed by atoms with E-state index in [0.717, 1.165) is 6.54 Å². The molecule has 1 aromatic rings. The maximum absolute atomic E-state index is 11.5. The van der Waals surface area contributed by atoms with E-state index in [4.69, 9.17) is 15.2 Å². The van der Waals surface area contributed by atoms with E-state index in [1.54, 1.807) is 14.0 Å². The summed E-state index contributed by atoms with van der Waals surface area (Å²) in [6, 6.07) is 0. The fourth-order valence-corrected chi connectivity index (χ4v) is 2.42. The number of aromatic nitrogens is 2. The Balaban J connectivity index is 2.06. The number of hydrogen-bond acceptors (Lipinski definition) is 5. The van der Waals surface area contributed by atoms with Crippen molar-refractivity contribution in [1.29, 1.82) is 0 Å². The average Bonchev–Trinajstić information content (AvgIpc) is 2.60. The maximum atomic E-state index is 11.5. The number of rotatable bonds is 4. The third kappa shape index (κ3) is 3.10. The smallest absolute Gasteiger partial charge is 0.256 e. The lowest BCUT2D eigenvalue weighted by molar-refractivity contribution is -0.107. The quantitative estimate of drug-likeness (QED) is 0.809. The number of ether oxygens (including phenoxy) is 2. The van der Waals surface area contributed by atoms with Gasteiger partial charge in [0.25, 0.3) is 5.91 Å². The summed E-state index contributed by atoms with van der Waals surface area (Å²) in [5.41, 5.74) is 6.04. The van der Waals surface area contributed by atoms with Gasteiger partial charge >= 0.3 is 0 Å². The van der Waals surface area contributed by atoms with Crippen molar-refractivity contribution in [2.24, 2.45) is 12.8 Å². The summed E-state index contributed by atoms with van der Waals surface area (Å²) in [5.74, 6) is -0.143. The van der Waals surface area contributed by atoms with Crippen LogP contribution in [0.3, 0.4) is 0 Å². The molecule has 3 N–H and O–H groups in total. The van der Waals surface area contributed by atoms with Crippen molar-refractivity contribution >= 4 is 5.91 Å². The number of primary amides is 1. The summed E-state index contributed by atoms with van der Waals surface area (Å²) in [6.07, 6.45) is -0.0744. The molecule has 0 aliphatic carbocycles. The van der Waals surface area contributed by atoms with Crippen LogP contribution in [0.15, 0.2) is 0 Å². The number of amides is 1. The minimum Gasteiger partial charge on any atom is -0.474 e. The number of morpholine rings is 1. The topological polar surface area (TPSA) is 91.4 Å². The molecule has 1 aliphatic heterocycles. The molecule has 1 fully saturated rings. The molecule has 7 heteroatoms. The van der Waals surface area contributed by atoms with E-state index in [9.17, 15) is 4.79 Å². The molecular formula is C13H22N4O3. The summed E-state index contributed by atoms with van der Waals surface area (Å²) in [6.45, 7) is 7.64. The molecule has 0 radical (unpaired) electrons. The Morgan fingerprint density at radius 1 is 1.65 bits per heavy atom. The first-order valence-corrected chi connectivity index (χ1v) is 6.65. The number of nitrogens with two attached hydrogens (primary N) is 1. The van der Waals surface area contributed by atoms with Crippen molar-refractivity contribution in [3.8, 4) is 5.88 Å². The second-order valence-corrected chi connectivity index (χ2v) is 5.69. The summed E-state index contributed by atoms with van der Waals surface area (Å²) < 4.78 is 13.2. The minimum absolute atomic E-state index is 0.0744. The summed E-state index contributed by atoms with van der Waals surface area (Å²) >= 11 is 0. The van der Waals surface area contributed by atoms with Crippen LogP contribution in [0.5, 0.6) is 5.88 Å². The summed E-state index contributed by atoms with van der Waals surface area (Å²) in [5, 5.41) is 7.46. The normalized spacial score (nSPS) is 21.7. The molecule has 0 aromatic carbocycles. The first kappa shape index (κ1) is 14.8. The van der Waals surface area contributed by atoms with Crippen molar-refractivity contribution in [2.75, 3.05) is 19.7 Å². The largest absolute Gasteiger partial charge is 0.474 e. The SMILES string of the molecule is Cc1nn(C)c(OCC2CNCC(C)(C)O2)c1C(N)=O. The molecule has 1 unspecified atom stereocenters. The van der Waals surface area contributed by atoms with Gasteiger partial charge in [-0.2, -0.15) is 5.10 Å². The highest BCUT2D eigenvalue weighted by Gasteiger charge is 2.29. The zero-order valence-electron chi connectivity index (χ0n) is 12.4. The lowest BCUT2D eigenvalue weighted by Gasteiger charge is -2.36. The molecule has 2 rings (SSSR count). The highest BCUT2D eigenvalue weighted by Crippen LogP contribution is 2.22. The van der Waals surface area contributed by atoms with E-state index in [1.807, 2.05) is 13.8 Å². The number of carbonyl (C=O) groups is 1. The van der Waals surface area contributed by atoms with Gasteiger partial charge in [-0.05, 0) is 20.8 Å². The lowest BCUT2D eigenvalue weighted by atomic mass is 10.1. The molecule has 112 valence electrons. The van der Waals surface area contributed by atoms with Gasteiger partial charge in [-0.25, -0.2) is 4.68 Å². The highest BCUT2D eigenvalue weighted by atomic mass is 16.6. The van der Waals surface area contributed by atoms with Crippen molar-refractivity contribution in [2.45, 2.75) is 32.5 Å². The average molecular weight is 282 g/mol. The van der Waals surface area contributed by atoms with Gasteiger partial charge in [0.1, 0.15) is 18.3 Å². The van der Waals surface area contributed by atoms with E-state index in [2.05, 4.69) is 10.4 Å². The first-order valence-electron chi connectivity index (χ1n) is 6.65. The Kier molecular flexibility index (Phi) is 4.01. The molecule has 0 saturated carbocycles. The maximum Gasteiger partial charge on any atom is 0.256 e. The van der Waals surface area contributed by atoms with Gasteiger partial charge in [-0.1, -0.05) is 0 Å². The van der Waals surface area contributed by atoms with Crippen LogP contribution in [0.2, 0.25) is 0 Å². The second kappa shape index (κ2) is 5.41. The predicted molar refractivity (Wildman–Crippen MR) is 73.8 cm³/mol. The van der Waals surface area contributed by atoms with Gasteiger partial charge in [-0.15, -0.1) is 0 Å². The third-order valence-corrected chi connectivity index (χ3v) is 3.23. The fraction of sp³-hybridized carbons (Fsp3) is 0.692. The molecule has 1 amide bonds. The Morgan fingerprint density at radius 2 is 2.35 bits per heavy atom. The third-order valence-electron chi connectivity index (χ3n) is 3.23. The van der Waals surface area contributed by atoms with Gasteiger partial charge in [0, 0.05) is 20.1 Å². The Morgan fingerprint density at radius 3 is 2.95 bits per heavy atom. The van der Waals surface area contributed by atoms with Crippen LogP contribution < -0.4 is 15.8 Å². The molecule has 1 aromatic heterocycles. The van der Waals surface area contributed by atoms with Crippen molar-refractivity contribution in [1.82, 2.24) is 15.1 Å². The predicted octanol–water partition coefficient (Wildman–Crippen LogP) is -0.0268. The Bertz CT molecular complexity index is 510. The molecule has 1 saturated heterocycles. The number of nitrogens with one attached hydrogen (secondary N) is 1. The monoisotopic (exact) mass is 282 g/mol. The Hall–Kier alpha value is -1.60. The van der Waals surface area contributed by atoms with Crippen LogP contribution in [-0.4, -0.2) is 47.1 Å². The summed E-state index contributed by atoms with van der Waals surface area (Å²) in [4.78, 5) is 11.5. The number of carbonyl (C=O) groups excluding carboxylic acids is 1. The van der Waals surface area contributed by atoms with Crippen molar-refractivity contribution in [3.63, 3.8) is 0 Å². The van der Waals surface area contributed by atoms with Crippen LogP contribution in [0.4, 0.5) is 0 Å². The Labute approximate surface area is 118 Å². The van der Waals surface area contributed by atoms with Gasteiger partial charge < -0.3 is 20.5 Å². The van der Waals surface area contributed by atoms with Gasteiger partial charge in [0.15, 0.2) is 0 Å². The lowest BCUT2D eigenvalue weighted by Crippen LogP contribution is -2.52. The molecule has 0 bridgehead atoms. The zero-order chi connectivity index (χ0) is 14.9. The zero-order valence-corrected chi connectivity index (χ0v) is 12.4. The van der Waals surface area contributed by atoms with Gasteiger partial charge in [-0.3, -0.25) is 4.79 Å². The van der Waals surface area contributed by atoms with Crippen LogP contribution in [0.1, 0.15) is 29.9 Å². The van der Waals surface area contributed by atoms with Crippen LogP contribution in [0, 0.1) is 6.92 Å². The van der Waals surface area contributed by atoms with Crippen molar-refractivity contribution < 1.29 is 14.3 Å². The molecule has 0 spiro atoms. The van der Waals surface area contributed by atoms with Crippen LogP contribution >= 0.6 is 0 Å². The molecule has 7 nitrogen and oxygen atoms in total. The molecule has 2 heterocycles. The highest BCUT2D eigenvalue weighted by molar-refractivity contribution is 5.96. The van der Waals surface area contributed by atoms with E-state index < -0.39 is 5.91 Å². The second-order valence-electron chi connectivity index (χ2n) is 5.69. The number of nitrogens with zero attached hydrogens (tertiary/aromatic N) is 2. The minimum atomic E-state index is -0.534. The van der Waals surface area contributed by atoms with Crippen LogP contribution in [0.25, 0.3) is 0 Å². The number of aryl methyl sites for hydroxylation is 2. The fourth-order valence-electron chi connectivity index (χ4n) is 2.42. The van der Waals surface area contributed by atoms with E-state index in [-0.39, 0.29) is 11.7 Å². The van der Waals surface area contributed by atoms with E-state index >= 15 is 0 Å². The van der Waals surface area contributed by atoms with Crippen LogP contribution in [-0.2, 0) is 11.8 Å². The standard InChI is InChI=1S/C13H22N4O3/c1-8-10(11(14)18)12(17(4)16-8)19-6-9-5-15-7-13(2,3)20-9/h9,15H,5-7H2,1-4H3,(H2,14,18). The van der Waals surface area contributed by atoms with Gasteiger partial charge in [0.05, 0.1) is 11.3 Å². The number of hydrogen-bond donors (Lipinski definition) is 2. The summed E-state index contributed by atoms with van der Waals surface area (Å²) in [7, 11) is 1.72. The van der Waals surface area contributed by atoms with Gasteiger partial charge in [0.2, 0.25) is 5.88 Å². The molecule has 1 atom stereocenters. The molecule has 20 heavy (non-hydrogen) atoms. The van der Waals surface area contributed by atoms with E-state index in [1.165, 1.54) is 4.68 Å². The van der Waals surface area contributed by atoms with E-state index in [0.29, 0.717) is 30.3 Å².